The molecule has 0 aromatic carbocycles. The van der Waals surface area contributed by atoms with E-state index in [1.807, 2.05) is 18.5 Å². The molecule has 5 nitrogen and oxygen atoms in total. The smallest absolute Gasteiger partial charge is 0.242 e. The van der Waals surface area contributed by atoms with Crippen LogP contribution < -0.4 is 10.0 Å². The van der Waals surface area contributed by atoms with E-state index in [2.05, 4.69) is 17.0 Å². The van der Waals surface area contributed by atoms with Gasteiger partial charge in [-0.1, -0.05) is 6.92 Å². The third-order valence-electron chi connectivity index (χ3n) is 3.67. The third kappa shape index (κ3) is 3.19. The molecular weight excluding hydrogens is 262 g/mol. The van der Waals surface area contributed by atoms with Crippen LogP contribution in [0, 0.1) is 5.92 Å². The fourth-order valence-corrected chi connectivity index (χ4v) is 3.91. The number of rotatable bonds is 6. The molecule has 2 N–H and O–H groups in total. The minimum absolute atomic E-state index is 0.109. The monoisotopic (exact) mass is 285 g/mol. The van der Waals surface area contributed by atoms with E-state index >= 15 is 0 Å². The summed E-state index contributed by atoms with van der Waals surface area (Å²) < 4.78 is 29.3. The first-order chi connectivity index (χ1) is 8.96. The van der Waals surface area contributed by atoms with Crippen LogP contribution in [0.1, 0.15) is 32.4 Å². The first-order valence-corrected chi connectivity index (χ1v) is 8.30. The molecule has 1 aliphatic rings. The van der Waals surface area contributed by atoms with Gasteiger partial charge in [-0.05, 0) is 38.8 Å². The van der Waals surface area contributed by atoms with Gasteiger partial charge in [-0.2, -0.15) is 0 Å². The normalized spacial score (nSPS) is 23.3. The molecule has 1 saturated carbocycles. The van der Waals surface area contributed by atoms with Gasteiger partial charge in [0.05, 0.1) is 4.90 Å². The summed E-state index contributed by atoms with van der Waals surface area (Å²) in [5.41, 5.74) is 0.993. The maximum atomic E-state index is 12.3. The highest BCUT2D eigenvalue weighted by atomic mass is 32.2. The average molecular weight is 285 g/mol. The Labute approximate surface area is 115 Å². The molecule has 0 radical (unpaired) electrons. The molecule has 1 heterocycles. The number of hydrogen-bond acceptors (Lipinski definition) is 3. The fourth-order valence-electron chi connectivity index (χ4n) is 2.58. The lowest BCUT2D eigenvalue weighted by Crippen LogP contribution is -2.43. The van der Waals surface area contributed by atoms with Crippen molar-refractivity contribution in [2.45, 2.75) is 50.7 Å². The summed E-state index contributed by atoms with van der Waals surface area (Å²) >= 11 is 0. The van der Waals surface area contributed by atoms with Crippen LogP contribution in [0.2, 0.25) is 0 Å². The van der Waals surface area contributed by atoms with Crippen LogP contribution in [-0.2, 0) is 23.1 Å². The van der Waals surface area contributed by atoms with E-state index in [9.17, 15) is 8.42 Å². The molecule has 0 spiro atoms. The van der Waals surface area contributed by atoms with E-state index in [-0.39, 0.29) is 6.04 Å². The second kappa shape index (κ2) is 5.64. The Balaban J connectivity index is 2.15. The SMILES string of the molecule is CCn1cc(S(=O)(=O)NC2CC(C)C2)cc1CNC. The summed E-state index contributed by atoms with van der Waals surface area (Å²) in [5, 5.41) is 3.06. The highest BCUT2D eigenvalue weighted by Crippen LogP contribution is 2.28. The standard InChI is InChI=1S/C13H23N3O2S/c1-4-16-9-13(7-12(16)8-14-3)19(17,18)15-11-5-10(2)6-11/h7,9-11,14-15H,4-6,8H2,1-3H3. The molecule has 108 valence electrons. The zero-order chi connectivity index (χ0) is 14.0. The van der Waals surface area contributed by atoms with E-state index in [0.29, 0.717) is 17.4 Å². The van der Waals surface area contributed by atoms with Crippen LogP contribution in [-0.4, -0.2) is 26.1 Å². The van der Waals surface area contributed by atoms with Crippen LogP contribution in [0.3, 0.4) is 0 Å². The van der Waals surface area contributed by atoms with Crippen molar-refractivity contribution in [2.75, 3.05) is 7.05 Å². The summed E-state index contributed by atoms with van der Waals surface area (Å²) in [5.74, 6) is 0.632. The van der Waals surface area contributed by atoms with Gasteiger partial charge < -0.3 is 9.88 Å². The molecule has 19 heavy (non-hydrogen) atoms. The second-order valence-corrected chi connectivity index (χ2v) is 7.09. The second-order valence-electron chi connectivity index (χ2n) is 5.38. The minimum Gasteiger partial charge on any atom is -0.349 e. The van der Waals surface area contributed by atoms with Gasteiger partial charge in [0, 0.05) is 31.0 Å². The van der Waals surface area contributed by atoms with Crippen molar-refractivity contribution in [3.05, 3.63) is 18.0 Å². The molecule has 0 atom stereocenters. The molecule has 0 aliphatic heterocycles. The van der Waals surface area contributed by atoms with E-state index in [1.54, 1.807) is 12.3 Å². The van der Waals surface area contributed by atoms with Gasteiger partial charge in [0.2, 0.25) is 10.0 Å². The van der Waals surface area contributed by atoms with Crippen molar-refractivity contribution >= 4 is 10.0 Å². The van der Waals surface area contributed by atoms with Gasteiger partial charge in [-0.3, -0.25) is 0 Å². The van der Waals surface area contributed by atoms with Gasteiger partial charge in [0.25, 0.3) is 0 Å². The van der Waals surface area contributed by atoms with Crippen molar-refractivity contribution in [3.8, 4) is 0 Å². The molecule has 0 saturated heterocycles. The van der Waals surface area contributed by atoms with E-state index in [4.69, 9.17) is 0 Å². The van der Waals surface area contributed by atoms with Crippen LogP contribution in [0.15, 0.2) is 17.2 Å². The summed E-state index contributed by atoms with van der Waals surface area (Å²) in [4.78, 5) is 0.374. The number of hydrogen-bond donors (Lipinski definition) is 2. The number of aryl methyl sites for hydroxylation is 1. The summed E-state index contributed by atoms with van der Waals surface area (Å²) in [6.45, 7) is 5.59. The summed E-state index contributed by atoms with van der Waals surface area (Å²) in [7, 11) is -1.52. The van der Waals surface area contributed by atoms with E-state index < -0.39 is 10.0 Å². The maximum absolute atomic E-state index is 12.3. The average Bonchev–Trinajstić information content (AvgIpc) is 2.71. The first-order valence-electron chi connectivity index (χ1n) is 6.82. The van der Waals surface area contributed by atoms with Gasteiger partial charge in [-0.25, -0.2) is 13.1 Å². The molecule has 0 amide bonds. The predicted octanol–water partition coefficient (Wildman–Crippen LogP) is 1.30. The lowest BCUT2D eigenvalue weighted by atomic mass is 9.83. The van der Waals surface area contributed by atoms with Crippen molar-refractivity contribution in [1.29, 1.82) is 0 Å². The van der Waals surface area contributed by atoms with Crippen LogP contribution in [0.5, 0.6) is 0 Å². The molecule has 1 aromatic heterocycles. The van der Waals surface area contributed by atoms with E-state index in [0.717, 1.165) is 25.1 Å². The summed E-state index contributed by atoms with van der Waals surface area (Å²) in [6.07, 6.45) is 3.60. The number of nitrogens with one attached hydrogen (secondary N) is 2. The van der Waals surface area contributed by atoms with Crippen molar-refractivity contribution in [1.82, 2.24) is 14.6 Å². The number of nitrogens with zero attached hydrogens (tertiary/aromatic N) is 1. The summed E-state index contributed by atoms with van der Waals surface area (Å²) in [6, 6.07) is 1.86. The molecule has 1 fully saturated rings. The predicted molar refractivity (Wildman–Crippen MR) is 75.4 cm³/mol. The highest BCUT2D eigenvalue weighted by molar-refractivity contribution is 7.89. The molecular formula is C13H23N3O2S. The van der Waals surface area contributed by atoms with Gasteiger partial charge in [0.1, 0.15) is 0 Å². The van der Waals surface area contributed by atoms with Crippen LogP contribution >= 0.6 is 0 Å². The quantitative estimate of drug-likeness (QED) is 0.828. The molecule has 1 aromatic rings. The molecule has 6 heteroatoms. The maximum Gasteiger partial charge on any atom is 0.242 e. The Hall–Kier alpha value is -0.850. The number of aromatic nitrogens is 1. The topological polar surface area (TPSA) is 63.1 Å². The highest BCUT2D eigenvalue weighted by Gasteiger charge is 2.30. The minimum atomic E-state index is -3.37. The van der Waals surface area contributed by atoms with Crippen LogP contribution in [0.4, 0.5) is 0 Å². The van der Waals surface area contributed by atoms with Crippen LogP contribution in [0.25, 0.3) is 0 Å². The first kappa shape index (κ1) is 14.6. The Bertz CT molecular complexity index is 530. The van der Waals surface area contributed by atoms with Crippen molar-refractivity contribution in [3.63, 3.8) is 0 Å². The Morgan fingerprint density at radius 2 is 2.11 bits per heavy atom. The lowest BCUT2D eigenvalue weighted by molar-refractivity contribution is 0.270. The third-order valence-corrected chi connectivity index (χ3v) is 5.15. The largest absolute Gasteiger partial charge is 0.349 e. The number of sulfonamides is 1. The van der Waals surface area contributed by atoms with Crippen molar-refractivity contribution in [2.24, 2.45) is 5.92 Å². The molecule has 0 unspecified atom stereocenters. The zero-order valence-corrected chi connectivity index (χ0v) is 12.6. The molecule has 0 bridgehead atoms. The van der Waals surface area contributed by atoms with Gasteiger partial charge in [0.15, 0.2) is 0 Å². The van der Waals surface area contributed by atoms with Gasteiger partial charge in [-0.15, -0.1) is 0 Å². The Morgan fingerprint density at radius 3 is 2.63 bits per heavy atom. The van der Waals surface area contributed by atoms with Crippen molar-refractivity contribution < 1.29 is 8.42 Å². The molecule has 1 aliphatic carbocycles. The fraction of sp³-hybridized carbons (Fsp3) is 0.692. The Morgan fingerprint density at radius 1 is 1.42 bits per heavy atom. The lowest BCUT2D eigenvalue weighted by Gasteiger charge is -2.32. The molecule has 2 rings (SSSR count). The van der Waals surface area contributed by atoms with Gasteiger partial charge >= 0.3 is 0 Å². The Kier molecular flexibility index (Phi) is 4.32. The zero-order valence-electron chi connectivity index (χ0n) is 11.8. The van der Waals surface area contributed by atoms with E-state index in [1.165, 1.54) is 0 Å².